The molecule has 0 saturated heterocycles. The van der Waals surface area contributed by atoms with Crippen LogP contribution in [0.25, 0.3) is 11.1 Å². The van der Waals surface area contributed by atoms with Crippen LogP contribution in [0.3, 0.4) is 0 Å². The van der Waals surface area contributed by atoms with Gasteiger partial charge in [0.15, 0.2) is 5.54 Å². The number of anilines is 1. The molecule has 2 aromatic heterocycles. The van der Waals surface area contributed by atoms with Crippen LogP contribution in [0, 0.1) is 13.8 Å². The third-order valence-corrected chi connectivity index (χ3v) is 9.20. The number of aryl methyl sites for hydroxylation is 1. The highest BCUT2D eigenvalue weighted by atomic mass is 32.2. The molecule has 250 valence electrons. The molecule has 5 rings (SSSR count). The van der Waals surface area contributed by atoms with Gasteiger partial charge in [0, 0.05) is 47.8 Å². The number of amides is 1. The Morgan fingerprint density at radius 3 is 2.43 bits per heavy atom. The molecule has 0 bridgehead atoms. The molecule has 1 N–H and O–H groups in total. The Hall–Kier alpha value is -3.99. The van der Waals surface area contributed by atoms with Crippen molar-refractivity contribution in [1.29, 1.82) is 0 Å². The number of hydrogen-bond acceptors (Lipinski definition) is 9. The van der Waals surface area contributed by atoms with Crippen LogP contribution in [0.4, 0.5) is 5.82 Å². The van der Waals surface area contributed by atoms with Crippen molar-refractivity contribution in [3.63, 3.8) is 0 Å². The van der Waals surface area contributed by atoms with Gasteiger partial charge in [-0.2, -0.15) is 4.47 Å². The quantitative estimate of drug-likeness (QED) is 0.106. The zero-order chi connectivity index (χ0) is 34.0. The van der Waals surface area contributed by atoms with Gasteiger partial charge in [-0.3, -0.25) is 24.9 Å². The number of benzene rings is 2. The van der Waals surface area contributed by atoms with E-state index in [9.17, 15) is 10.0 Å². The third kappa shape index (κ3) is 7.77. The van der Waals surface area contributed by atoms with Crippen molar-refractivity contribution in [2.24, 2.45) is 4.99 Å². The number of hydrogen-bond donors (Lipinski definition) is 1. The number of nitrogens with zero attached hydrogens (tertiary/aromatic N) is 5. The maximum absolute atomic E-state index is 14.2. The number of carbonyl (C=O) groups excluding carboxylic acids is 1. The van der Waals surface area contributed by atoms with Crippen molar-refractivity contribution < 1.29 is 19.3 Å². The minimum absolute atomic E-state index is 0.000840. The number of rotatable bonds is 14. The van der Waals surface area contributed by atoms with Gasteiger partial charge in [0.1, 0.15) is 11.6 Å². The van der Waals surface area contributed by atoms with E-state index < -0.39 is 5.54 Å². The predicted octanol–water partition coefficient (Wildman–Crippen LogP) is 9.06. The van der Waals surface area contributed by atoms with Crippen molar-refractivity contribution in [1.82, 2.24) is 15.0 Å². The van der Waals surface area contributed by atoms with E-state index in [1.807, 2.05) is 82.8 Å². The van der Waals surface area contributed by atoms with Crippen LogP contribution in [0.5, 0.6) is 0 Å². The van der Waals surface area contributed by atoms with Gasteiger partial charge in [-0.25, -0.2) is 0 Å². The average molecular weight is 658 g/mol. The number of ether oxygens (including phenoxy) is 1. The summed E-state index contributed by atoms with van der Waals surface area (Å²) in [5, 5.41) is 14.9. The monoisotopic (exact) mass is 657 g/mol. The highest BCUT2D eigenvalue weighted by Gasteiger charge is 2.48. The Morgan fingerprint density at radius 2 is 1.77 bits per heavy atom. The maximum Gasteiger partial charge on any atom is 0.260 e. The molecular weight excluding hydrogens is 611 g/mol. The fraction of sp³-hybridized carbons (Fsp3) is 0.405. The third-order valence-electron chi connectivity index (χ3n) is 8.30. The van der Waals surface area contributed by atoms with Gasteiger partial charge < -0.3 is 9.26 Å². The van der Waals surface area contributed by atoms with Crippen molar-refractivity contribution in [3.8, 4) is 11.1 Å². The van der Waals surface area contributed by atoms with Crippen molar-refractivity contribution >= 4 is 29.5 Å². The van der Waals surface area contributed by atoms with Gasteiger partial charge in [0.05, 0.1) is 13.2 Å². The van der Waals surface area contributed by atoms with Gasteiger partial charge >= 0.3 is 0 Å². The van der Waals surface area contributed by atoms with Gasteiger partial charge in [-0.15, -0.1) is 0 Å². The van der Waals surface area contributed by atoms with Gasteiger partial charge in [0.2, 0.25) is 5.82 Å². The second kappa shape index (κ2) is 16.7. The lowest BCUT2D eigenvalue weighted by molar-refractivity contribution is -0.132. The summed E-state index contributed by atoms with van der Waals surface area (Å²) in [6.45, 7) is 15.2. The zero-order valence-electron chi connectivity index (χ0n) is 28.6. The standard InChI is InChI=1S/C35H41N5O4S.C2H6/c1-6-9-14-32-37-35(7-2,28-17-19-36-20-18-28)34(41)39(32)22-26-15-16-29(27(21-26)23-43-8-3)30-12-10-11-13-31(30)45-40(42)33-24(4)25(5)44-38-33;1-2/h10-13,15-21,42H,6-9,14,22-23H2,1-5H3;1-2H3. The van der Waals surface area contributed by atoms with E-state index in [-0.39, 0.29) is 5.91 Å². The highest BCUT2D eigenvalue weighted by Crippen LogP contribution is 2.40. The minimum atomic E-state index is -0.937. The summed E-state index contributed by atoms with van der Waals surface area (Å²) in [5.74, 6) is 1.85. The molecule has 2 aromatic carbocycles. The second-order valence-electron chi connectivity index (χ2n) is 11.1. The van der Waals surface area contributed by atoms with Crippen LogP contribution >= 0.6 is 11.9 Å². The first-order valence-corrected chi connectivity index (χ1v) is 17.3. The van der Waals surface area contributed by atoms with Crippen molar-refractivity contribution in [2.45, 2.75) is 97.7 Å². The lowest BCUT2D eigenvalue weighted by Crippen LogP contribution is -2.40. The Kier molecular flexibility index (Phi) is 12.8. The number of unbranched alkanes of at least 4 members (excludes halogenated alkanes) is 1. The number of carbonyl (C=O) groups is 1. The summed E-state index contributed by atoms with van der Waals surface area (Å²) in [6.07, 6.45) is 6.73. The van der Waals surface area contributed by atoms with E-state index in [4.69, 9.17) is 14.3 Å². The Labute approximate surface area is 283 Å². The van der Waals surface area contributed by atoms with Crippen LogP contribution in [0.2, 0.25) is 0 Å². The summed E-state index contributed by atoms with van der Waals surface area (Å²) >= 11 is 1.17. The number of aliphatic imine (C=N–C) groups is 1. The summed E-state index contributed by atoms with van der Waals surface area (Å²) in [7, 11) is 0. The summed E-state index contributed by atoms with van der Waals surface area (Å²) in [5.41, 5.74) is 4.64. The Balaban J connectivity index is 0.00000245. The van der Waals surface area contributed by atoms with Crippen LogP contribution in [-0.4, -0.2) is 38.6 Å². The molecular formula is C37H47N5O4S. The summed E-state index contributed by atoms with van der Waals surface area (Å²) in [6, 6.07) is 18.0. The van der Waals surface area contributed by atoms with E-state index in [0.29, 0.717) is 37.8 Å². The first-order valence-electron chi connectivity index (χ1n) is 16.5. The molecule has 4 aromatic rings. The normalized spacial score (nSPS) is 15.8. The van der Waals surface area contributed by atoms with Crippen molar-refractivity contribution in [2.75, 3.05) is 11.1 Å². The molecule has 1 unspecified atom stereocenters. The second-order valence-corrected chi connectivity index (χ2v) is 12.1. The maximum atomic E-state index is 14.2. The molecule has 0 spiro atoms. The fourth-order valence-corrected chi connectivity index (χ4v) is 6.48. The Morgan fingerprint density at radius 1 is 1.02 bits per heavy atom. The van der Waals surface area contributed by atoms with E-state index in [1.54, 1.807) is 12.4 Å². The SMILES string of the molecule is CC.CCCCC1=NC(CC)(c2ccncc2)C(=O)N1Cc1ccc(-c2ccccc2SN(O)c2noc(C)c2C)c(COCC)c1. The van der Waals surface area contributed by atoms with E-state index in [1.165, 1.54) is 11.9 Å². The average Bonchev–Trinajstić information content (AvgIpc) is 3.59. The molecule has 1 atom stereocenters. The number of pyridine rings is 1. The van der Waals surface area contributed by atoms with Crippen molar-refractivity contribution in [3.05, 3.63) is 95.0 Å². The van der Waals surface area contributed by atoms with Gasteiger partial charge in [-0.05, 0) is 79.6 Å². The number of aromatic nitrogens is 2. The molecule has 0 saturated carbocycles. The first-order chi connectivity index (χ1) is 22.8. The lowest BCUT2D eigenvalue weighted by Gasteiger charge is -2.26. The van der Waals surface area contributed by atoms with E-state index in [2.05, 4.69) is 35.3 Å². The Bertz CT molecular complexity index is 1660. The largest absolute Gasteiger partial charge is 0.377 e. The smallest absolute Gasteiger partial charge is 0.260 e. The van der Waals surface area contributed by atoms with E-state index in [0.717, 1.165) is 67.8 Å². The van der Waals surface area contributed by atoms with Crippen LogP contribution in [0.15, 0.2) is 81.4 Å². The molecule has 47 heavy (non-hydrogen) atoms. The zero-order valence-corrected chi connectivity index (χ0v) is 29.4. The van der Waals surface area contributed by atoms with Gasteiger partial charge in [0.25, 0.3) is 5.91 Å². The highest BCUT2D eigenvalue weighted by molar-refractivity contribution is 8.00. The topological polar surface area (TPSA) is 104 Å². The molecule has 0 aliphatic carbocycles. The molecule has 10 heteroatoms. The fourth-order valence-electron chi connectivity index (χ4n) is 5.62. The summed E-state index contributed by atoms with van der Waals surface area (Å²) < 4.78 is 12.2. The van der Waals surface area contributed by atoms with Crippen LogP contribution in [-0.2, 0) is 28.2 Å². The van der Waals surface area contributed by atoms with Gasteiger partial charge in [-0.1, -0.05) is 75.7 Å². The molecule has 1 aliphatic rings. The first kappa shape index (κ1) is 35.9. The number of amidine groups is 1. The molecule has 1 aliphatic heterocycles. The molecule has 1 amide bonds. The summed E-state index contributed by atoms with van der Waals surface area (Å²) in [4.78, 5) is 26.2. The minimum Gasteiger partial charge on any atom is -0.377 e. The van der Waals surface area contributed by atoms with E-state index >= 15 is 0 Å². The lowest BCUT2D eigenvalue weighted by atomic mass is 9.88. The molecule has 0 fully saturated rings. The molecule has 3 heterocycles. The van der Waals surface area contributed by atoms with Crippen LogP contribution in [0.1, 0.15) is 88.3 Å². The van der Waals surface area contributed by atoms with Crippen LogP contribution < -0.4 is 4.47 Å². The predicted molar refractivity (Wildman–Crippen MR) is 188 cm³/mol. The molecule has 0 radical (unpaired) electrons. The molecule has 9 nitrogen and oxygen atoms in total.